The van der Waals surface area contributed by atoms with Gasteiger partial charge in [-0.15, -0.1) is 0 Å². The number of nitrogens with zero attached hydrogens (tertiary/aromatic N) is 3. The number of fused-ring (bicyclic) bond motifs is 1. The Hall–Kier alpha value is -3.71. The number of aliphatic hydroxyl groups is 1. The van der Waals surface area contributed by atoms with Gasteiger partial charge in [0.1, 0.15) is 18.2 Å². The van der Waals surface area contributed by atoms with E-state index in [0.29, 0.717) is 17.9 Å². The molecule has 1 N–H and O–H groups in total. The number of aliphatic hydroxyl groups excluding tert-OH is 1. The molecule has 2 aromatic carbocycles. The molecule has 1 aromatic heterocycles. The molecule has 0 spiro atoms. The molecule has 1 unspecified atom stereocenters. The first-order chi connectivity index (χ1) is 16.1. The molecule has 3 heterocycles. The van der Waals surface area contributed by atoms with Gasteiger partial charge in [-0.3, -0.25) is 4.98 Å². The molecule has 0 amide bonds. The summed E-state index contributed by atoms with van der Waals surface area (Å²) < 4.78 is 19.1. The lowest BCUT2D eigenvalue weighted by atomic mass is 9.94. The van der Waals surface area contributed by atoms with Crippen LogP contribution in [0.25, 0.3) is 17.2 Å². The first kappa shape index (κ1) is 21.2. The molecule has 7 heteroatoms. The third kappa shape index (κ3) is 3.74. The molecule has 2 aliphatic rings. The number of methoxy groups -OCH3 is 1. The van der Waals surface area contributed by atoms with Gasteiger partial charge in [0.15, 0.2) is 5.84 Å². The number of amidine groups is 1. The highest BCUT2D eigenvalue weighted by Crippen LogP contribution is 2.40. The largest absolute Gasteiger partial charge is 0.496 e. The minimum atomic E-state index is -1.15. The number of oxime groups is 1. The summed E-state index contributed by atoms with van der Waals surface area (Å²) in [5.41, 5.74) is 3.53. The van der Waals surface area contributed by atoms with Crippen molar-refractivity contribution >= 4 is 11.9 Å². The van der Waals surface area contributed by atoms with Crippen molar-refractivity contribution in [3.8, 4) is 16.9 Å². The number of benzene rings is 2. The van der Waals surface area contributed by atoms with Crippen molar-refractivity contribution in [2.75, 3.05) is 20.3 Å². The average Bonchev–Trinajstić information content (AvgIpc) is 3.26. The maximum Gasteiger partial charge on any atom is 0.260 e. The Labute approximate surface area is 191 Å². The Morgan fingerprint density at radius 2 is 1.94 bits per heavy atom. The van der Waals surface area contributed by atoms with Crippen molar-refractivity contribution in [3.63, 3.8) is 0 Å². The van der Waals surface area contributed by atoms with Crippen molar-refractivity contribution < 1.29 is 19.1 Å². The zero-order chi connectivity index (χ0) is 22.8. The van der Waals surface area contributed by atoms with Crippen LogP contribution >= 0.6 is 0 Å². The van der Waals surface area contributed by atoms with Crippen molar-refractivity contribution in [1.29, 1.82) is 0 Å². The van der Waals surface area contributed by atoms with Gasteiger partial charge in [-0.25, -0.2) is 4.39 Å². The zero-order valence-electron chi connectivity index (χ0n) is 18.2. The molecule has 2 aliphatic heterocycles. The van der Waals surface area contributed by atoms with Gasteiger partial charge in [0.05, 0.1) is 7.11 Å². The van der Waals surface area contributed by atoms with Crippen LogP contribution in [0.15, 0.2) is 77.7 Å². The second kappa shape index (κ2) is 8.67. The molecule has 0 bridgehead atoms. The fourth-order valence-electron chi connectivity index (χ4n) is 4.48. The number of hydrogen-bond donors (Lipinski definition) is 1. The Kier molecular flexibility index (Phi) is 5.56. The molecule has 1 fully saturated rings. The summed E-state index contributed by atoms with van der Waals surface area (Å²) in [7, 11) is 1.66. The highest BCUT2D eigenvalue weighted by Gasteiger charge is 2.49. The molecule has 1 atom stereocenters. The standard InChI is InChI=1S/C26H24FN3O3/c1-32-24-16-18(4-9-23(24)19-10-12-28-13-11-19)15-20-3-2-14-30-25(20)29-33-26(30,17-31)21-5-7-22(27)8-6-21/h4-13,15-16,31H,2-3,14,17H2,1H3. The van der Waals surface area contributed by atoms with Crippen molar-refractivity contribution in [3.05, 3.63) is 89.5 Å². The monoisotopic (exact) mass is 445 g/mol. The van der Waals surface area contributed by atoms with E-state index in [2.05, 4.69) is 16.2 Å². The number of halogens is 1. The minimum absolute atomic E-state index is 0.298. The Bertz CT molecular complexity index is 1210. The predicted octanol–water partition coefficient (Wildman–Crippen LogP) is 4.56. The molecule has 1 saturated heterocycles. The lowest BCUT2D eigenvalue weighted by Crippen LogP contribution is -2.51. The molecule has 0 radical (unpaired) electrons. The van der Waals surface area contributed by atoms with Crippen LogP contribution in [-0.4, -0.2) is 41.1 Å². The summed E-state index contributed by atoms with van der Waals surface area (Å²) in [5.74, 6) is 1.12. The third-order valence-corrected chi connectivity index (χ3v) is 6.16. The summed E-state index contributed by atoms with van der Waals surface area (Å²) >= 11 is 0. The van der Waals surface area contributed by atoms with Crippen LogP contribution in [0.2, 0.25) is 0 Å². The number of hydrogen-bond acceptors (Lipinski definition) is 6. The number of ether oxygens (including phenoxy) is 1. The Morgan fingerprint density at radius 1 is 1.15 bits per heavy atom. The van der Waals surface area contributed by atoms with Gasteiger partial charge in [-0.1, -0.05) is 17.3 Å². The van der Waals surface area contributed by atoms with Gasteiger partial charge in [0.2, 0.25) is 0 Å². The van der Waals surface area contributed by atoms with E-state index < -0.39 is 5.72 Å². The maximum atomic E-state index is 13.5. The van der Waals surface area contributed by atoms with Gasteiger partial charge >= 0.3 is 0 Å². The van der Waals surface area contributed by atoms with E-state index in [0.717, 1.165) is 40.9 Å². The van der Waals surface area contributed by atoms with E-state index in [1.807, 2.05) is 35.2 Å². The van der Waals surface area contributed by atoms with Gasteiger partial charge < -0.3 is 19.6 Å². The molecule has 0 aliphatic carbocycles. The Morgan fingerprint density at radius 3 is 2.67 bits per heavy atom. The molecule has 5 rings (SSSR count). The van der Waals surface area contributed by atoms with Crippen LogP contribution in [-0.2, 0) is 10.6 Å². The van der Waals surface area contributed by atoms with Crippen molar-refractivity contribution in [2.45, 2.75) is 18.6 Å². The molecule has 3 aromatic rings. The second-order valence-electron chi connectivity index (χ2n) is 8.08. The van der Waals surface area contributed by atoms with E-state index in [1.54, 1.807) is 31.6 Å². The number of rotatable bonds is 5. The fraction of sp³-hybridized carbons (Fsp3) is 0.231. The van der Waals surface area contributed by atoms with E-state index in [-0.39, 0.29) is 12.4 Å². The van der Waals surface area contributed by atoms with Gasteiger partial charge in [-0.05, 0) is 78.1 Å². The Balaban J connectivity index is 1.47. The van der Waals surface area contributed by atoms with Crippen molar-refractivity contribution in [1.82, 2.24) is 9.88 Å². The molecule has 6 nitrogen and oxygen atoms in total. The van der Waals surface area contributed by atoms with E-state index >= 15 is 0 Å². The zero-order valence-corrected chi connectivity index (χ0v) is 18.2. The molecule has 0 saturated carbocycles. The summed E-state index contributed by atoms with van der Waals surface area (Å²) in [6.07, 6.45) is 7.30. The predicted molar refractivity (Wildman–Crippen MR) is 124 cm³/mol. The molecule has 168 valence electrons. The number of piperidine rings is 1. The topological polar surface area (TPSA) is 67.2 Å². The fourth-order valence-corrected chi connectivity index (χ4v) is 4.48. The maximum absolute atomic E-state index is 13.5. The normalized spacial score (nSPS) is 20.9. The quantitative estimate of drug-likeness (QED) is 0.624. The summed E-state index contributed by atoms with van der Waals surface area (Å²) in [6, 6.07) is 16.0. The first-order valence-electron chi connectivity index (χ1n) is 10.8. The highest BCUT2D eigenvalue weighted by molar-refractivity contribution is 6.03. The lowest BCUT2D eigenvalue weighted by molar-refractivity contribution is -0.137. The van der Waals surface area contributed by atoms with Crippen LogP contribution in [0.5, 0.6) is 5.75 Å². The van der Waals surface area contributed by atoms with Crippen LogP contribution in [0.4, 0.5) is 4.39 Å². The third-order valence-electron chi connectivity index (χ3n) is 6.16. The van der Waals surface area contributed by atoms with E-state index in [1.165, 1.54) is 12.1 Å². The van der Waals surface area contributed by atoms with Crippen LogP contribution in [0.1, 0.15) is 24.0 Å². The average molecular weight is 445 g/mol. The summed E-state index contributed by atoms with van der Waals surface area (Å²) in [5, 5.41) is 14.6. The molecular weight excluding hydrogens is 421 g/mol. The SMILES string of the molecule is COc1cc(C=C2CCCN3C2=NOC3(CO)c2ccc(F)cc2)ccc1-c1ccncc1. The van der Waals surface area contributed by atoms with E-state index in [9.17, 15) is 9.50 Å². The minimum Gasteiger partial charge on any atom is -0.496 e. The van der Waals surface area contributed by atoms with Crippen molar-refractivity contribution in [2.24, 2.45) is 5.16 Å². The lowest BCUT2D eigenvalue weighted by Gasteiger charge is -2.38. The van der Waals surface area contributed by atoms with E-state index in [4.69, 9.17) is 9.57 Å². The van der Waals surface area contributed by atoms with Gasteiger partial charge in [-0.2, -0.15) is 0 Å². The highest BCUT2D eigenvalue weighted by atomic mass is 19.1. The summed E-state index contributed by atoms with van der Waals surface area (Å²) in [4.78, 5) is 11.9. The first-order valence-corrected chi connectivity index (χ1v) is 10.8. The number of aromatic nitrogens is 1. The van der Waals surface area contributed by atoms with Crippen LogP contribution in [0.3, 0.4) is 0 Å². The van der Waals surface area contributed by atoms with Gasteiger partial charge in [0.25, 0.3) is 5.72 Å². The van der Waals surface area contributed by atoms with Gasteiger partial charge in [0, 0.05) is 30.1 Å². The summed E-state index contributed by atoms with van der Waals surface area (Å²) in [6.45, 7) is 0.381. The van der Waals surface area contributed by atoms with Crippen LogP contribution in [0, 0.1) is 5.82 Å². The molecular formula is C26H24FN3O3. The molecule has 33 heavy (non-hydrogen) atoms. The number of pyridine rings is 1. The smallest absolute Gasteiger partial charge is 0.260 e. The second-order valence-corrected chi connectivity index (χ2v) is 8.08. The van der Waals surface area contributed by atoms with Crippen LogP contribution < -0.4 is 4.74 Å².